The first-order chi connectivity index (χ1) is 10.9. The highest BCUT2D eigenvalue weighted by Gasteiger charge is 2.48. The van der Waals surface area contributed by atoms with Crippen molar-refractivity contribution in [2.45, 2.75) is 24.7 Å². The Bertz CT molecular complexity index is 419. The van der Waals surface area contributed by atoms with Gasteiger partial charge in [-0.2, -0.15) is 17.6 Å². The summed E-state index contributed by atoms with van der Waals surface area (Å²) in [5.74, 6) is -9.45. The lowest BCUT2D eigenvalue weighted by Crippen LogP contribution is -2.39. The van der Waals surface area contributed by atoms with Crippen LogP contribution in [0.1, 0.15) is 0 Å². The van der Waals surface area contributed by atoms with Crippen LogP contribution in [0, 0.1) is 0 Å². The van der Waals surface area contributed by atoms with Crippen LogP contribution in [0.15, 0.2) is 0 Å². The van der Waals surface area contributed by atoms with Crippen molar-refractivity contribution in [3.63, 3.8) is 0 Å². The van der Waals surface area contributed by atoms with E-state index >= 15 is 0 Å². The van der Waals surface area contributed by atoms with E-state index in [1.54, 1.807) is 0 Å². The van der Waals surface area contributed by atoms with Crippen molar-refractivity contribution in [2.75, 3.05) is 39.5 Å². The molecule has 0 radical (unpaired) electrons. The van der Waals surface area contributed by atoms with Crippen LogP contribution < -0.4 is 0 Å². The summed E-state index contributed by atoms with van der Waals surface area (Å²) in [6.07, 6.45) is -8.34. The highest BCUT2D eigenvalue weighted by Crippen LogP contribution is 2.54. The molecule has 0 atom stereocenters. The van der Waals surface area contributed by atoms with Gasteiger partial charge in [0.15, 0.2) is 0 Å². The Kier molecular flexibility index (Phi) is 7.42. The van der Waals surface area contributed by atoms with Crippen molar-refractivity contribution in [2.24, 2.45) is 0 Å². The fourth-order valence-corrected chi connectivity index (χ4v) is 3.19. The van der Waals surface area contributed by atoms with E-state index in [9.17, 15) is 39.7 Å². The molecular formula is C10H14F8NO4P. The molecule has 0 amide bonds. The third-order valence-electron chi connectivity index (χ3n) is 2.81. The molecule has 0 bridgehead atoms. The van der Waals surface area contributed by atoms with E-state index in [1.165, 1.54) is 0 Å². The minimum atomic E-state index is -4.94. The molecule has 1 fully saturated rings. The molecule has 0 aromatic carbocycles. The van der Waals surface area contributed by atoms with E-state index in [0.29, 0.717) is 4.67 Å². The Hall–Kier alpha value is -0.490. The molecule has 1 heterocycles. The lowest BCUT2D eigenvalue weighted by Gasteiger charge is -2.33. The zero-order valence-corrected chi connectivity index (χ0v) is 12.8. The molecule has 1 aliphatic rings. The Labute approximate surface area is 131 Å². The zero-order valence-electron chi connectivity index (χ0n) is 11.9. The molecule has 0 aromatic rings. The Morgan fingerprint density at radius 2 is 1.29 bits per heavy atom. The van der Waals surface area contributed by atoms with Crippen LogP contribution >= 0.6 is 7.75 Å². The number of morpholine rings is 1. The number of hydrogen-bond donors (Lipinski definition) is 0. The average Bonchev–Trinajstić information content (AvgIpc) is 2.52. The maximum atomic E-state index is 12.9. The molecule has 1 saturated heterocycles. The number of hydrogen-bond acceptors (Lipinski definition) is 4. The fraction of sp³-hybridized carbons (Fsp3) is 1.00. The third kappa shape index (κ3) is 5.80. The molecule has 0 unspecified atom stereocenters. The minimum absolute atomic E-state index is 0.104. The number of halogens is 8. The first-order valence-electron chi connectivity index (χ1n) is 6.45. The quantitative estimate of drug-likeness (QED) is 0.443. The van der Waals surface area contributed by atoms with Crippen LogP contribution in [0.5, 0.6) is 0 Å². The van der Waals surface area contributed by atoms with E-state index in [4.69, 9.17) is 4.74 Å². The van der Waals surface area contributed by atoms with Gasteiger partial charge in [-0.15, -0.1) is 0 Å². The van der Waals surface area contributed by atoms with Gasteiger partial charge in [-0.1, -0.05) is 0 Å². The minimum Gasteiger partial charge on any atom is -0.379 e. The van der Waals surface area contributed by atoms with Crippen molar-refractivity contribution in [1.29, 1.82) is 0 Å². The lowest BCUT2D eigenvalue weighted by atomic mass is 10.4. The summed E-state index contributed by atoms with van der Waals surface area (Å²) in [5.41, 5.74) is 0. The molecule has 24 heavy (non-hydrogen) atoms. The van der Waals surface area contributed by atoms with Crippen LogP contribution in [0.3, 0.4) is 0 Å². The largest absolute Gasteiger partial charge is 0.408 e. The van der Waals surface area contributed by atoms with Gasteiger partial charge < -0.3 is 4.74 Å². The molecule has 1 aliphatic heterocycles. The van der Waals surface area contributed by atoms with Gasteiger partial charge in [0.2, 0.25) is 0 Å². The van der Waals surface area contributed by atoms with E-state index in [1.807, 2.05) is 0 Å². The van der Waals surface area contributed by atoms with Crippen LogP contribution in [0.4, 0.5) is 35.1 Å². The maximum Gasteiger partial charge on any atom is 0.408 e. The van der Waals surface area contributed by atoms with Gasteiger partial charge in [-0.3, -0.25) is 9.05 Å². The topological polar surface area (TPSA) is 48.0 Å². The summed E-state index contributed by atoms with van der Waals surface area (Å²) in [7, 11) is -4.94. The predicted octanol–water partition coefficient (Wildman–Crippen LogP) is 3.26. The second kappa shape index (κ2) is 8.26. The van der Waals surface area contributed by atoms with Crippen LogP contribution in [0.25, 0.3) is 0 Å². The summed E-state index contributed by atoms with van der Waals surface area (Å²) >= 11 is 0. The van der Waals surface area contributed by atoms with Gasteiger partial charge >= 0.3 is 32.4 Å². The molecule has 0 N–H and O–H groups in total. The summed E-state index contributed by atoms with van der Waals surface area (Å²) in [6, 6.07) is 0. The molecule has 5 nitrogen and oxygen atoms in total. The highest BCUT2D eigenvalue weighted by molar-refractivity contribution is 7.51. The van der Waals surface area contributed by atoms with Gasteiger partial charge in [-0.05, 0) is 0 Å². The monoisotopic (exact) mass is 395 g/mol. The summed E-state index contributed by atoms with van der Waals surface area (Å²) in [4.78, 5) is 0. The van der Waals surface area contributed by atoms with Crippen molar-refractivity contribution in [3.05, 3.63) is 0 Å². The fourth-order valence-electron chi connectivity index (χ4n) is 1.46. The third-order valence-corrected chi connectivity index (χ3v) is 4.82. The van der Waals surface area contributed by atoms with Gasteiger partial charge in [0, 0.05) is 13.1 Å². The van der Waals surface area contributed by atoms with Gasteiger partial charge in [-0.25, -0.2) is 26.8 Å². The Morgan fingerprint density at radius 1 is 0.917 bits per heavy atom. The Balaban J connectivity index is 2.85. The van der Waals surface area contributed by atoms with Crippen molar-refractivity contribution in [3.8, 4) is 0 Å². The number of nitrogens with zero attached hydrogens (tertiary/aromatic N) is 1. The van der Waals surface area contributed by atoms with E-state index in [2.05, 4.69) is 9.05 Å². The molecule has 144 valence electrons. The SMILES string of the molecule is O=P(OCC(F)(F)C(F)F)(OCC(F)(F)C(F)F)N1CCOCC1. The van der Waals surface area contributed by atoms with Crippen molar-refractivity contribution < 1.29 is 53.5 Å². The van der Waals surface area contributed by atoms with Crippen LogP contribution in [-0.4, -0.2) is 68.9 Å². The smallest absolute Gasteiger partial charge is 0.379 e. The lowest BCUT2D eigenvalue weighted by molar-refractivity contribution is -0.161. The number of ether oxygens (including phenoxy) is 1. The molecule has 14 heteroatoms. The van der Waals surface area contributed by atoms with Crippen molar-refractivity contribution in [1.82, 2.24) is 4.67 Å². The molecule has 0 aliphatic carbocycles. The summed E-state index contributed by atoms with van der Waals surface area (Å²) in [6.45, 7) is -4.96. The zero-order chi connectivity index (χ0) is 18.6. The second-order valence-corrected chi connectivity index (χ2v) is 6.72. The van der Waals surface area contributed by atoms with Gasteiger partial charge in [0.25, 0.3) is 0 Å². The normalized spacial score (nSPS) is 18.6. The second-order valence-electron chi connectivity index (χ2n) is 4.70. The summed E-state index contributed by atoms with van der Waals surface area (Å²) < 4.78 is 126. The Morgan fingerprint density at radius 3 is 1.62 bits per heavy atom. The van der Waals surface area contributed by atoms with Crippen LogP contribution in [-0.2, 0) is 18.3 Å². The molecule has 0 saturated carbocycles. The van der Waals surface area contributed by atoms with Gasteiger partial charge in [0.1, 0.15) is 13.2 Å². The maximum absolute atomic E-state index is 12.9. The molecule has 0 spiro atoms. The standard InChI is InChI=1S/C10H14F8NO4P/c11-7(12)9(15,16)5-22-24(20,19-1-3-21-4-2-19)23-6-10(17,18)8(13)14/h7-8H,1-6H2. The first kappa shape index (κ1) is 21.6. The molecular weight excluding hydrogens is 381 g/mol. The highest BCUT2D eigenvalue weighted by atomic mass is 31.2. The van der Waals surface area contributed by atoms with E-state index in [0.717, 1.165) is 0 Å². The van der Waals surface area contributed by atoms with Crippen LogP contribution in [0.2, 0.25) is 0 Å². The first-order valence-corrected chi connectivity index (χ1v) is 7.94. The summed E-state index contributed by atoms with van der Waals surface area (Å²) in [5, 5.41) is 0. The van der Waals surface area contributed by atoms with E-state index < -0.39 is 45.7 Å². The van der Waals surface area contributed by atoms with Crippen molar-refractivity contribution >= 4 is 7.75 Å². The number of alkyl halides is 8. The molecule has 1 rings (SSSR count). The number of rotatable bonds is 9. The van der Waals surface area contributed by atoms with Gasteiger partial charge in [0.05, 0.1) is 13.2 Å². The molecule has 0 aromatic heterocycles. The predicted molar refractivity (Wildman–Crippen MR) is 63.8 cm³/mol. The van der Waals surface area contributed by atoms with E-state index in [-0.39, 0.29) is 26.3 Å². The average molecular weight is 395 g/mol.